The molecule has 1 aromatic rings. The van der Waals surface area contributed by atoms with Gasteiger partial charge in [-0.15, -0.1) is 12.4 Å². The first-order chi connectivity index (χ1) is 7.80. The van der Waals surface area contributed by atoms with Crippen molar-refractivity contribution in [3.05, 3.63) is 35.4 Å². The zero-order valence-corrected chi connectivity index (χ0v) is 12.3. The first-order valence-electron chi connectivity index (χ1n) is 5.89. The molecule has 4 heteroatoms. The fourth-order valence-electron chi connectivity index (χ4n) is 1.40. The van der Waals surface area contributed by atoms with Gasteiger partial charge in [0.15, 0.2) is 0 Å². The Morgan fingerprint density at radius 3 is 2.22 bits per heavy atom. The number of benzene rings is 1. The van der Waals surface area contributed by atoms with E-state index < -0.39 is 6.04 Å². The Morgan fingerprint density at radius 2 is 1.78 bits per heavy atom. The second-order valence-corrected chi connectivity index (χ2v) is 5.55. The number of amides is 1. The minimum Gasteiger partial charge on any atom is -0.351 e. The first kappa shape index (κ1) is 16.9. The molecule has 0 heterocycles. The van der Waals surface area contributed by atoms with Gasteiger partial charge in [0.05, 0.1) is 6.04 Å². The monoisotopic (exact) mass is 270 g/mol. The van der Waals surface area contributed by atoms with Crippen LogP contribution in [0.4, 0.5) is 0 Å². The number of nitrogens with two attached hydrogens (primary N) is 1. The number of hydrogen-bond donors (Lipinski definition) is 2. The lowest BCUT2D eigenvalue weighted by Gasteiger charge is -2.25. The molecule has 1 amide bonds. The number of nitrogens with one attached hydrogen (secondary N) is 1. The van der Waals surface area contributed by atoms with Crippen LogP contribution in [-0.2, 0) is 11.3 Å². The zero-order valence-electron chi connectivity index (χ0n) is 11.5. The van der Waals surface area contributed by atoms with Crippen LogP contribution in [0.15, 0.2) is 24.3 Å². The van der Waals surface area contributed by atoms with Gasteiger partial charge >= 0.3 is 0 Å². The Bertz CT molecular complexity index is 382. The maximum absolute atomic E-state index is 11.8. The van der Waals surface area contributed by atoms with Crippen molar-refractivity contribution in [1.29, 1.82) is 0 Å². The summed E-state index contributed by atoms with van der Waals surface area (Å²) in [5.74, 6) is -0.0990. The average molecular weight is 271 g/mol. The maximum atomic E-state index is 11.8. The normalized spacial score (nSPS) is 12.5. The Balaban J connectivity index is 0.00000289. The fourth-order valence-corrected chi connectivity index (χ4v) is 1.40. The van der Waals surface area contributed by atoms with Crippen molar-refractivity contribution in [3.63, 3.8) is 0 Å². The quantitative estimate of drug-likeness (QED) is 0.886. The van der Waals surface area contributed by atoms with Crippen molar-refractivity contribution < 1.29 is 4.79 Å². The van der Waals surface area contributed by atoms with Crippen molar-refractivity contribution in [2.45, 2.75) is 40.3 Å². The third-order valence-corrected chi connectivity index (χ3v) is 2.80. The van der Waals surface area contributed by atoms with E-state index in [4.69, 9.17) is 5.73 Å². The molecular formula is C14H23ClN2O. The van der Waals surface area contributed by atoms with E-state index in [0.717, 1.165) is 5.56 Å². The van der Waals surface area contributed by atoms with E-state index in [1.54, 1.807) is 0 Å². The molecule has 0 bridgehead atoms. The molecule has 0 saturated heterocycles. The van der Waals surface area contributed by atoms with E-state index in [0.29, 0.717) is 6.54 Å². The van der Waals surface area contributed by atoms with Gasteiger partial charge in [0.1, 0.15) is 0 Å². The molecule has 3 N–H and O–H groups in total. The molecule has 0 saturated carbocycles. The SMILES string of the molecule is Cc1ccc(CNC(=O)[C@@H](N)C(C)(C)C)cc1.Cl. The van der Waals surface area contributed by atoms with Crippen molar-refractivity contribution >= 4 is 18.3 Å². The van der Waals surface area contributed by atoms with Gasteiger partial charge in [-0.1, -0.05) is 50.6 Å². The molecule has 1 atom stereocenters. The van der Waals surface area contributed by atoms with Crippen LogP contribution < -0.4 is 11.1 Å². The van der Waals surface area contributed by atoms with E-state index in [-0.39, 0.29) is 23.7 Å². The van der Waals surface area contributed by atoms with Crippen LogP contribution in [0.5, 0.6) is 0 Å². The molecule has 1 rings (SSSR count). The lowest BCUT2D eigenvalue weighted by Crippen LogP contribution is -2.48. The summed E-state index contributed by atoms with van der Waals surface area (Å²) < 4.78 is 0. The van der Waals surface area contributed by atoms with Crippen LogP contribution in [0.3, 0.4) is 0 Å². The summed E-state index contributed by atoms with van der Waals surface area (Å²) in [5.41, 5.74) is 7.96. The van der Waals surface area contributed by atoms with Gasteiger partial charge in [0.25, 0.3) is 0 Å². The smallest absolute Gasteiger partial charge is 0.237 e. The third kappa shape index (κ3) is 5.07. The van der Waals surface area contributed by atoms with Gasteiger partial charge in [-0.25, -0.2) is 0 Å². The topological polar surface area (TPSA) is 55.1 Å². The average Bonchev–Trinajstić information content (AvgIpc) is 2.25. The molecule has 0 spiro atoms. The highest BCUT2D eigenvalue weighted by atomic mass is 35.5. The number of hydrogen-bond acceptors (Lipinski definition) is 2. The Hall–Kier alpha value is -1.06. The molecule has 0 radical (unpaired) electrons. The van der Waals surface area contributed by atoms with Crippen LogP contribution in [-0.4, -0.2) is 11.9 Å². The minimum atomic E-state index is -0.479. The predicted octanol–water partition coefficient (Wildman–Crippen LogP) is 2.41. The fraction of sp³-hybridized carbons (Fsp3) is 0.500. The lowest BCUT2D eigenvalue weighted by molar-refractivity contribution is -0.124. The molecule has 0 aliphatic rings. The summed E-state index contributed by atoms with van der Waals surface area (Å²) in [6.45, 7) is 8.45. The van der Waals surface area contributed by atoms with Gasteiger partial charge < -0.3 is 11.1 Å². The highest BCUT2D eigenvalue weighted by Crippen LogP contribution is 2.17. The molecule has 1 aromatic carbocycles. The van der Waals surface area contributed by atoms with Crippen LogP contribution in [0, 0.1) is 12.3 Å². The summed E-state index contributed by atoms with van der Waals surface area (Å²) in [6.07, 6.45) is 0. The largest absolute Gasteiger partial charge is 0.351 e. The highest BCUT2D eigenvalue weighted by molar-refractivity contribution is 5.85. The van der Waals surface area contributed by atoms with E-state index in [2.05, 4.69) is 5.32 Å². The molecule has 0 unspecified atom stereocenters. The summed E-state index contributed by atoms with van der Waals surface area (Å²) in [4.78, 5) is 11.8. The number of aryl methyl sites for hydroxylation is 1. The number of carbonyl (C=O) groups is 1. The van der Waals surface area contributed by atoms with E-state index >= 15 is 0 Å². The van der Waals surface area contributed by atoms with Gasteiger partial charge in [-0.05, 0) is 17.9 Å². The Labute approximate surface area is 116 Å². The van der Waals surface area contributed by atoms with Crippen LogP contribution in [0.2, 0.25) is 0 Å². The Morgan fingerprint density at radius 1 is 1.28 bits per heavy atom. The number of carbonyl (C=O) groups excluding carboxylic acids is 1. The molecule has 0 aromatic heterocycles. The summed E-state index contributed by atoms with van der Waals surface area (Å²) in [6, 6.07) is 7.61. The molecule has 0 aliphatic heterocycles. The van der Waals surface area contributed by atoms with Crippen LogP contribution in [0.25, 0.3) is 0 Å². The van der Waals surface area contributed by atoms with Gasteiger partial charge in [0.2, 0.25) is 5.91 Å². The maximum Gasteiger partial charge on any atom is 0.237 e. The Kier molecular flexibility index (Phi) is 6.36. The first-order valence-corrected chi connectivity index (χ1v) is 5.89. The molecular weight excluding hydrogens is 248 g/mol. The van der Waals surface area contributed by atoms with E-state index in [1.165, 1.54) is 5.56 Å². The van der Waals surface area contributed by atoms with Crippen LogP contribution in [0.1, 0.15) is 31.9 Å². The zero-order chi connectivity index (χ0) is 13.1. The third-order valence-electron chi connectivity index (χ3n) is 2.80. The second-order valence-electron chi connectivity index (χ2n) is 5.55. The second kappa shape index (κ2) is 6.76. The summed E-state index contributed by atoms with van der Waals surface area (Å²) in [7, 11) is 0. The van der Waals surface area contributed by atoms with E-state index in [1.807, 2.05) is 52.0 Å². The highest BCUT2D eigenvalue weighted by Gasteiger charge is 2.26. The number of rotatable bonds is 3. The van der Waals surface area contributed by atoms with Crippen molar-refractivity contribution in [1.82, 2.24) is 5.32 Å². The predicted molar refractivity (Wildman–Crippen MR) is 77.7 cm³/mol. The van der Waals surface area contributed by atoms with E-state index in [9.17, 15) is 4.79 Å². The van der Waals surface area contributed by atoms with Gasteiger partial charge in [-0.3, -0.25) is 4.79 Å². The molecule has 18 heavy (non-hydrogen) atoms. The minimum absolute atomic E-state index is 0. The van der Waals surface area contributed by atoms with Crippen molar-refractivity contribution in [3.8, 4) is 0 Å². The number of halogens is 1. The van der Waals surface area contributed by atoms with Crippen molar-refractivity contribution in [2.24, 2.45) is 11.1 Å². The summed E-state index contributed by atoms with van der Waals surface area (Å²) >= 11 is 0. The standard InChI is InChI=1S/C14H22N2O.ClH/c1-10-5-7-11(8-6-10)9-16-13(17)12(15)14(2,3)4;/h5-8,12H,9,15H2,1-4H3,(H,16,17);1H/t12-;/m1./s1. The molecule has 3 nitrogen and oxygen atoms in total. The molecule has 102 valence electrons. The van der Waals surface area contributed by atoms with Crippen LogP contribution >= 0.6 is 12.4 Å². The van der Waals surface area contributed by atoms with Gasteiger partial charge in [-0.2, -0.15) is 0 Å². The van der Waals surface area contributed by atoms with Crippen molar-refractivity contribution in [2.75, 3.05) is 0 Å². The molecule has 0 aliphatic carbocycles. The summed E-state index contributed by atoms with van der Waals surface area (Å²) in [5, 5.41) is 2.86. The van der Waals surface area contributed by atoms with Gasteiger partial charge in [0, 0.05) is 6.54 Å². The molecule has 0 fully saturated rings. The lowest BCUT2D eigenvalue weighted by atomic mass is 9.87.